The minimum atomic E-state index is -0.304. The third kappa shape index (κ3) is 6.69. The maximum Gasteiger partial charge on any atom is 0.410 e. The zero-order valence-corrected chi connectivity index (χ0v) is 22.4. The van der Waals surface area contributed by atoms with Gasteiger partial charge in [0, 0.05) is 50.6 Å². The number of nitrogens with two attached hydrogens (primary N) is 1. The van der Waals surface area contributed by atoms with Crippen molar-refractivity contribution in [1.29, 1.82) is 0 Å². The zero-order valence-electron chi connectivity index (χ0n) is 22.4. The molecule has 4 rings (SSSR count). The highest BCUT2D eigenvalue weighted by molar-refractivity contribution is 5.97. The number of piperidine rings is 1. The number of ether oxygens (including phenoxy) is 1. The Hall–Kier alpha value is -3.92. The number of likely N-dealkylation sites (tertiary alicyclic amines) is 1. The van der Waals surface area contributed by atoms with Gasteiger partial charge in [-0.1, -0.05) is 6.08 Å². The molecule has 0 radical (unpaired) electrons. The Labute approximate surface area is 225 Å². The summed E-state index contributed by atoms with van der Waals surface area (Å²) in [6.07, 6.45) is 6.01. The topological polar surface area (TPSA) is 116 Å². The molecular formula is C28H39N7O3. The summed E-state index contributed by atoms with van der Waals surface area (Å²) in [6, 6.07) is 11.3. The Kier molecular flexibility index (Phi) is 8.96. The molecule has 38 heavy (non-hydrogen) atoms. The van der Waals surface area contributed by atoms with Gasteiger partial charge in [0.2, 0.25) is 0 Å². The first-order valence-corrected chi connectivity index (χ1v) is 13.1. The van der Waals surface area contributed by atoms with Gasteiger partial charge in [-0.15, -0.1) is 0 Å². The van der Waals surface area contributed by atoms with E-state index in [4.69, 9.17) is 10.5 Å². The summed E-state index contributed by atoms with van der Waals surface area (Å²) >= 11 is 0. The fourth-order valence-electron chi connectivity index (χ4n) is 4.77. The van der Waals surface area contributed by atoms with Gasteiger partial charge in [-0.3, -0.25) is 4.79 Å². The zero-order chi connectivity index (χ0) is 27.1. The van der Waals surface area contributed by atoms with Gasteiger partial charge in [0.25, 0.3) is 5.91 Å². The molecule has 1 fully saturated rings. The van der Waals surface area contributed by atoms with Crippen molar-refractivity contribution < 1.29 is 15.8 Å². The van der Waals surface area contributed by atoms with E-state index in [0.29, 0.717) is 37.5 Å². The van der Waals surface area contributed by atoms with E-state index in [9.17, 15) is 9.59 Å². The molecule has 1 saturated heterocycles. The van der Waals surface area contributed by atoms with Gasteiger partial charge in [0.1, 0.15) is 0 Å². The van der Waals surface area contributed by atoms with Crippen LogP contribution in [0.25, 0.3) is 5.57 Å². The summed E-state index contributed by atoms with van der Waals surface area (Å²) in [5, 5.41) is 3.09. The number of pyridine rings is 1. The van der Waals surface area contributed by atoms with Crippen LogP contribution in [0.5, 0.6) is 0 Å². The summed E-state index contributed by atoms with van der Waals surface area (Å²) in [5.74, 6) is 0.713. The summed E-state index contributed by atoms with van der Waals surface area (Å²) in [6.45, 7) is 5.20. The molecule has 1 aromatic heterocycles. The van der Waals surface area contributed by atoms with Crippen molar-refractivity contribution in [1.82, 2.24) is 19.7 Å². The van der Waals surface area contributed by atoms with Crippen LogP contribution in [0.2, 0.25) is 0 Å². The number of amides is 2. The molecule has 2 aromatic rings. The first-order valence-electron chi connectivity index (χ1n) is 13.1. The van der Waals surface area contributed by atoms with E-state index in [1.807, 2.05) is 42.3 Å². The van der Waals surface area contributed by atoms with E-state index in [-0.39, 0.29) is 25.4 Å². The minimum absolute atomic E-state index is 0. The molecule has 1 aromatic carbocycles. The van der Waals surface area contributed by atoms with E-state index in [0.717, 1.165) is 42.8 Å². The molecule has 10 heteroatoms. The Balaban J connectivity index is 0.00000420. The number of rotatable bonds is 6. The Bertz CT molecular complexity index is 1190. The number of guanidine groups is 1. The number of carbonyl (C=O) groups is 2. The number of nitrogens with one attached hydrogen (secondary N) is 1. The second-order valence-corrected chi connectivity index (χ2v) is 9.65. The predicted octanol–water partition coefficient (Wildman–Crippen LogP) is 3.80. The second-order valence-electron chi connectivity index (χ2n) is 9.65. The van der Waals surface area contributed by atoms with E-state index >= 15 is 0 Å². The predicted molar refractivity (Wildman–Crippen MR) is 151 cm³/mol. The fourth-order valence-corrected chi connectivity index (χ4v) is 4.77. The van der Waals surface area contributed by atoms with Crippen molar-refractivity contribution in [3.8, 4) is 0 Å². The molecule has 204 valence electrons. The van der Waals surface area contributed by atoms with E-state index in [2.05, 4.69) is 27.2 Å². The molecule has 3 heterocycles. The van der Waals surface area contributed by atoms with Crippen molar-refractivity contribution in [2.75, 3.05) is 52.2 Å². The maximum atomic E-state index is 13.0. The van der Waals surface area contributed by atoms with Gasteiger partial charge < -0.3 is 30.5 Å². The van der Waals surface area contributed by atoms with Gasteiger partial charge in [-0.05, 0) is 88.3 Å². The molecule has 0 aliphatic carbocycles. The SMILES string of the molecule is CCOC(=O)N1CC=C(c2cccnc2/N=C(\N)Nc2ccc(C(=O)N(C)C3CCN(C)CC3)cc2)CC1.[HH]. The third-order valence-electron chi connectivity index (χ3n) is 7.05. The van der Waals surface area contributed by atoms with Gasteiger partial charge in [-0.2, -0.15) is 4.99 Å². The molecule has 3 N–H and O–H groups in total. The van der Waals surface area contributed by atoms with Crippen LogP contribution in [0.1, 0.15) is 43.5 Å². The smallest absolute Gasteiger partial charge is 0.410 e. The highest BCUT2D eigenvalue weighted by atomic mass is 16.6. The molecule has 0 unspecified atom stereocenters. The van der Waals surface area contributed by atoms with Crippen LogP contribution in [-0.2, 0) is 4.74 Å². The van der Waals surface area contributed by atoms with E-state index in [1.165, 1.54) is 0 Å². The highest BCUT2D eigenvalue weighted by Crippen LogP contribution is 2.29. The van der Waals surface area contributed by atoms with Crippen molar-refractivity contribution in [3.05, 3.63) is 59.8 Å². The number of benzene rings is 1. The maximum absolute atomic E-state index is 13.0. The highest BCUT2D eigenvalue weighted by Gasteiger charge is 2.25. The molecular weight excluding hydrogens is 482 g/mol. The lowest BCUT2D eigenvalue weighted by atomic mass is 10.0. The van der Waals surface area contributed by atoms with E-state index < -0.39 is 0 Å². The molecule has 0 bridgehead atoms. The van der Waals surface area contributed by atoms with E-state index in [1.54, 1.807) is 30.2 Å². The second kappa shape index (κ2) is 12.6. The number of nitrogens with zero attached hydrogens (tertiary/aromatic N) is 5. The average molecular weight is 522 g/mol. The van der Waals surface area contributed by atoms with Crippen LogP contribution in [0, 0.1) is 0 Å². The van der Waals surface area contributed by atoms with Crippen molar-refractivity contribution in [3.63, 3.8) is 0 Å². The number of anilines is 1. The Morgan fingerprint density at radius 2 is 1.95 bits per heavy atom. The first kappa shape index (κ1) is 27.1. The summed E-state index contributed by atoms with van der Waals surface area (Å²) in [5.41, 5.74) is 9.51. The van der Waals surface area contributed by atoms with Gasteiger partial charge in [0.15, 0.2) is 11.8 Å². The molecule has 0 atom stereocenters. The van der Waals surface area contributed by atoms with Crippen LogP contribution in [0.4, 0.5) is 16.3 Å². The summed E-state index contributed by atoms with van der Waals surface area (Å²) < 4.78 is 5.09. The monoisotopic (exact) mass is 521 g/mol. The Morgan fingerprint density at radius 1 is 1.21 bits per heavy atom. The van der Waals surface area contributed by atoms with Crippen LogP contribution in [0.15, 0.2) is 53.7 Å². The van der Waals surface area contributed by atoms with Crippen LogP contribution < -0.4 is 11.1 Å². The molecule has 2 amide bonds. The number of aromatic nitrogens is 1. The number of aliphatic imine (C=N–C) groups is 1. The molecule has 0 saturated carbocycles. The van der Waals surface area contributed by atoms with Crippen LogP contribution in [-0.4, -0.2) is 90.6 Å². The van der Waals surface area contributed by atoms with Gasteiger partial charge in [-0.25, -0.2) is 9.78 Å². The largest absolute Gasteiger partial charge is 0.450 e. The normalized spacial score (nSPS) is 17.1. The lowest BCUT2D eigenvalue weighted by molar-refractivity contribution is 0.0659. The Morgan fingerprint density at radius 3 is 2.61 bits per heavy atom. The molecule has 0 spiro atoms. The number of hydrogen-bond donors (Lipinski definition) is 2. The van der Waals surface area contributed by atoms with Crippen LogP contribution >= 0.6 is 0 Å². The molecule has 10 nitrogen and oxygen atoms in total. The molecule has 2 aliphatic rings. The summed E-state index contributed by atoms with van der Waals surface area (Å²) in [4.78, 5) is 39.7. The van der Waals surface area contributed by atoms with Crippen molar-refractivity contribution in [2.24, 2.45) is 10.7 Å². The number of hydrogen-bond acceptors (Lipinski definition) is 6. The van der Waals surface area contributed by atoms with Gasteiger partial charge >= 0.3 is 6.09 Å². The molecule has 2 aliphatic heterocycles. The minimum Gasteiger partial charge on any atom is -0.450 e. The standard InChI is InChI=1S/C28H37N7O3.H2/c1-4-38-28(37)35-18-11-20(12-19-35)24-6-5-15-30-25(24)32-27(29)31-22-9-7-21(8-10-22)26(36)34(3)23-13-16-33(2)17-14-23;/h5-11,15,23H,4,12-14,16-19H2,1-3H3,(H3,29,30,31,32);1H. The number of carbonyl (C=O) groups excluding carboxylic acids is 2. The average Bonchev–Trinajstić information content (AvgIpc) is 2.93. The van der Waals surface area contributed by atoms with Crippen molar-refractivity contribution in [2.45, 2.75) is 32.2 Å². The lowest BCUT2D eigenvalue weighted by Gasteiger charge is -2.35. The lowest BCUT2D eigenvalue weighted by Crippen LogP contribution is -2.44. The quantitative estimate of drug-likeness (QED) is 0.439. The van der Waals surface area contributed by atoms with Crippen molar-refractivity contribution >= 4 is 35.0 Å². The fraction of sp³-hybridized carbons (Fsp3) is 0.429. The van der Waals surface area contributed by atoms with Gasteiger partial charge in [0.05, 0.1) is 6.61 Å². The van der Waals surface area contributed by atoms with Crippen LogP contribution in [0.3, 0.4) is 0 Å². The first-order chi connectivity index (χ1) is 18.4. The summed E-state index contributed by atoms with van der Waals surface area (Å²) in [7, 11) is 4.00. The third-order valence-corrected chi connectivity index (χ3v) is 7.05.